The van der Waals surface area contributed by atoms with E-state index in [4.69, 9.17) is 20.1 Å². The van der Waals surface area contributed by atoms with E-state index in [2.05, 4.69) is 0 Å². The van der Waals surface area contributed by atoms with Crippen molar-refractivity contribution < 1.29 is 64.1 Å². The zero-order valence-corrected chi connectivity index (χ0v) is 12.0. The van der Waals surface area contributed by atoms with E-state index in [9.17, 15) is 9.90 Å². The molecular weight excluding hydrogens is 229 g/mol. The molecule has 0 saturated heterocycles. The number of aliphatic hydroxyl groups excluding tert-OH is 1. The molecule has 0 rings (SSSR count). The van der Waals surface area contributed by atoms with Gasteiger partial charge in [0.25, 0.3) is 0 Å². The number of hydrogen-bond acceptors (Lipinski definition) is 5. The van der Waals surface area contributed by atoms with Gasteiger partial charge in [-0.15, -0.1) is 0 Å². The summed E-state index contributed by atoms with van der Waals surface area (Å²) >= 11 is 0. The van der Waals surface area contributed by atoms with Crippen LogP contribution in [0.2, 0.25) is 0 Å². The summed E-state index contributed by atoms with van der Waals surface area (Å²) in [5.41, 5.74) is 0. The summed E-state index contributed by atoms with van der Waals surface area (Å²) in [5.74, 6) is -1.20. The molecule has 90 valence electrons. The van der Waals surface area contributed by atoms with Crippen molar-refractivity contribution in [2.75, 3.05) is 27.7 Å². The number of hydrogen-bond donors (Lipinski definition) is 2. The molecule has 1 atom stereocenters. The van der Waals surface area contributed by atoms with E-state index in [1.54, 1.807) is 0 Å². The molecule has 2 N–H and O–H groups in total. The number of quaternary nitrogens is 1. The quantitative estimate of drug-likeness (QED) is 0.376. The molecule has 0 spiro atoms. The van der Waals surface area contributed by atoms with Crippen LogP contribution in [0, 0.1) is 0 Å². The van der Waals surface area contributed by atoms with Crippen molar-refractivity contribution in [3.8, 4) is 0 Å². The van der Waals surface area contributed by atoms with Crippen molar-refractivity contribution >= 4 is 12.1 Å². The summed E-state index contributed by atoms with van der Waals surface area (Å²) in [6, 6.07) is 0. The Morgan fingerprint density at radius 1 is 1.25 bits per heavy atom. The second-order valence-electron chi connectivity index (χ2n) is 3.97. The van der Waals surface area contributed by atoms with Crippen LogP contribution in [-0.2, 0) is 4.79 Å². The molecule has 0 aliphatic heterocycles. The van der Waals surface area contributed by atoms with Gasteiger partial charge in [0.05, 0.1) is 21.1 Å². The van der Waals surface area contributed by atoms with Gasteiger partial charge in [-0.1, -0.05) is 0 Å². The van der Waals surface area contributed by atoms with Crippen LogP contribution in [-0.4, -0.2) is 60.6 Å². The third-order valence-electron chi connectivity index (χ3n) is 1.16. The third kappa shape index (κ3) is 29.2. The molecule has 7 nitrogen and oxygen atoms in total. The van der Waals surface area contributed by atoms with Gasteiger partial charge in [0.15, 0.2) is 0 Å². The van der Waals surface area contributed by atoms with Crippen LogP contribution in [0.25, 0.3) is 0 Å². The second-order valence-corrected chi connectivity index (χ2v) is 3.97. The van der Waals surface area contributed by atoms with E-state index < -0.39 is 18.2 Å². The first-order valence-corrected chi connectivity index (χ1v) is 4.13. The maximum atomic E-state index is 10.0. The minimum absolute atomic E-state index is 0. The summed E-state index contributed by atoms with van der Waals surface area (Å²) in [4.78, 5) is 18.5. The average molecular weight is 245 g/mol. The van der Waals surface area contributed by atoms with Crippen LogP contribution in [0.3, 0.4) is 0 Å². The minimum atomic E-state index is -2.08. The van der Waals surface area contributed by atoms with E-state index in [0.29, 0.717) is 11.0 Å². The number of aliphatic hydroxyl groups is 1. The monoisotopic (exact) mass is 245 g/mol. The molecule has 16 heavy (non-hydrogen) atoms. The molecule has 0 unspecified atom stereocenters. The Hall–Kier alpha value is -0.340. The number of carboxylic acids is 1. The fraction of sp³-hybridized carbons (Fsp3) is 0.750. The molecule has 0 bridgehead atoms. The van der Waals surface area contributed by atoms with E-state index in [1.165, 1.54) is 0 Å². The van der Waals surface area contributed by atoms with Gasteiger partial charge in [-0.2, -0.15) is 0 Å². The molecule has 0 amide bonds. The normalized spacial score (nSPS) is 11.5. The first-order valence-electron chi connectivity index (χ1n) is 4.13. The second kappa shape index (κ2) is 9.86. The van der Waals surface area contributed by atoms with E-state index in [0.717, 1.165) is 0 Å². The first-order chi connectivity index (χ1) is 6.54. The molecule has 8 heteroatoms. The molecule has 0 aromatic carbocycles. The number of rotatable bonds is 4. The summed E-state index contributed by atoms with van der Waals surface area (Å²) < 4.78 is 0.550. The molecule has 0 aliphatic carbocycles. The molecular formula is C8H16NNaO6. The maximum Gasteiger partial charge on any atom is 1.00 e. The third-order valence-corrected chi connectivity index (χ3v) is 1.16. The number of nitrogens with zero attached hydrogens (tertiary/aromatic N) is 1. The van der Waals surface area contributed by atoms with Crippen molar-refractivity contribution in [1.29, 1.82) is 0 Å². The van der Waals surface area contributed by atoms with E-state index in [-0.39, 0.29) is 36.0 Å². The van der Waals surface area contributed by atoms with Gasteiger partial charge in [0, 0.05) is 12.4 Å². The zero-order valence-electron chi connectivity index (χ0n) is 9.97. The molecule has 0 aromatic rings. The number of carboxylic acid groups (broad SMARTS) is 3. The van der Waals surface area contributed by atoms with Crippen LogP contribution >= 0.6 is 0 Å². The van der Waals surface area contributed by atoms with Crippen LogP contribution < -0.4 is 39.8 Å². The number of aliphatic carboxylic acids is 1. The molecule has 0 radical (unpaired) electrons. The van der Waals surface area contributed by atoms with Crippen LogP contribution in [0.4, 0.5) is 4.79 Å². The fourth-order valence-corrected chi connectivity index (χ4v) is 0.889. The van der Waals surface area contributed by atoms with Crippen molar-refractivity contribution in [2.24, 2.45) is 0 Å². The summed E-state index contributed by atoms with van der Waals surface area (Å²) in [6.07, 6.45) is -3.17. The van der Waals surface area contributed by atoms with Gasteiger partial charge in [-0.05, 0) is 0 Å². The van der Waals surface area contributed by atoms with E-state index >= 15 is 0 Å². The molecule has 0 aromatic heterocycles. The Labute approximate surface area is 116 Å². The largest absolute Gasteiger partial charge is 1.00 e. The van der Waals surface area contributed by atoms with Gasteiger partial charge in [0.2, 0.25) is 6.16 Å². The predicted molar refractivity (Wildman–Crippen MR) is 46.6 cm³/mol. The molecule has 0 saturated carbocycles. The van der Waals surface area contributed by atoms with Crippen LogP contribution in [0.5, 0.6) is 0 Å². The summed E-state index contributed by atoms with van der Waals surface area (Å²) in [5, 5.41) is 34.4. The Morgan fingerprint density at radius 2 is 1.56 bits per heavy atom. The zero-order chi connectivity index (χ0) is 12.6. The van der Waals surface area contributed by atoms with Crippen LogP contribution in [0.15, 0.2) is 0 Å². The summed E-state index contributed by atoms with van der Waals surface area (Å²) in [7, 11) is 5.66. The van der Waals surface area contributed by atoms with Crippen LogP contribution in [0.1, 0.15) is 6.42 Å². The average Bonchev–Trinajstić information content (AvgIpc) is 1.76. The molecule has 0 aliphatic rings. The maximum absolute atomic E-state index is 10.0. The van der Waals surface area contributed by atoms with Crippen molar-refractivity contribution in [3.63, 3.8) is 0 Å². The van der Waals surface area contributed by atoms with Gasteiger partial charge in [-0.3, -0.25) is 0 Å². The number of carbonyl (C=O) groups excluding carboxylic acids is 1. The topological polar surface area (TPSA) is 121 Å². The van der Waals surface area contributed by atoms with Crippen molar-refractivity contribution in [2.45, 2.75) is 12.5 Å². The van der Waals surface area contributed by atoms with Gasteiger partial charge in [0.1, 0.15) is 12.6 Å². The SMILES string of the molecule is C[N+](C)(C)C[C@H](O)CC(=O)[O-].O=C([O-])O.[Na+]. The minimum Gasteiger partial charge on any atom is -0.565 e. The molecule has 0 heterocycles. The van der Waals surface area contributed by atoms with Gasteiger partial charge in [-0.25, -0.2) is 0 Å². The van der Waals surface area contributed by atoms with Crippen molar-refractivity contribution in [1.82, 2.24) is 0 Å². The molecule has 0 fully saturated rings. The summed E-state index contributed by atoms with van der Waals surface area (Å²) in [6.45, 7) is 0.425. The number of carbonyl (C=O) groups is 2. The van der Waals surface area contributed by atoms with Gasteiger partial charge < -0.3 is 34.5 Å². The Kier molecular flexibility index (Phi) is 12.9. The Morgan fingerprint density at radius 3 is 1.75 bits per heavy atom. The Bertz CT molecular complexity index is 211. The number of likely N-dealkylation sites (N-methyl/N-ethyl adjacent to an activating group) is 1. The predicted octanol–water partition coefficient (Wildman–Crippen LogP) is -5.91. The smallest absolute Gasteiger partial charge is 0.565 e. The fourth-order valence-electron chi connectivity index (χ4n) is 0.889. The van der Waals surface area contributed by atoms with E-state index in [1.807, 2.05) is 21.1 Å². The standard InChI is InChI=1S/C7H15NO3.CH2O3.Na/c1-8(2,3)5-6(9)4-7(10)11;2-1(3)4;/h6,9H,4-5H2,1-3H3;(H2,2,3,4);/q;;+1/p-1/t6-;;/m1../s1. The van der Waals surface area contributed by atoms with Gasteiger partial charge >= 0.3 is 29.6 Å². The van der Waals surface area contributed by atoms with Crippen molar-refractivity contribution in [3.05, 3.63) is 0 Å². The first kappa shape index (κ1) is 21.0. The Balaban J connectivity index is -0.000000292.